The third-order valence-corrected chi connectivity index (χ3v) is 1.26. The molecule has 2 aromatic heterocycles. The lowest BCUT2D eigenvalue weighted by atomic mass is 10.4. The molecule has 0 amide bonds. The highest BCUT2D eigenvalue weighted by molar-refractivity contribution is 5.49. The molecular formula is C7H5N3O. The summed E-state index contributed by atoms with van der Waals surface area (Å²) in [5.74, 6) is 0. The molecule has 0 saturated carbocycles. The molecule has 0 aliphatic heterocycles. The van der Waals surface area contributed by atoms with Crippen LogP contribution in [-0.4, -0.2) is 15.0 Å². The van der Waals surface area contributed by atoms with Gasteiger partial charge in [-0.05, 0) is 0 Å². The van der Waals surface area contributed by atoms with Gasteiger partial charge in [0.05, 0.1) is 6.20 Å². The van der Waals surface area contributed by atoms with Crippen molar-refractivity contribution in [2.24, 2.45) is 0 Å². The SMILES string of the molecule is c1cnc(-c2cocn2)cn1. The molecule has 0 fully saturated rings. The summed E-state index contributed by atoms with van der Waals surface area (Å²) >= 11 is 0. The summed E-state index contributed by atoms with van der Waals surface area (Å²) in [5.41, 5.74) is 1.43. The van der Waals surface area contributed by atoms with E-state index in [0.717, 1.165) is 5.69 Å². The van der Waals surface area contributed by atoms with E-state index >= 15 is 0 Å². The molecule has 11 heavy (non-hydrogen) atoms. The molecule has 0 aliphatic rings. The smallest absolute Gasteiger partial charge is 0.181 e. The van der Waals surface area contributed by atoms with Crippen LogP contribution in [0.25, 0.3) is 11.4 Å². The largest absolute Gasteiger partial charge is 0.451 e. The second-order valence-corrected chi connectivity index (χ2v) is 1.96. The van der Waals surface area contributed by atoms with E-state index in [4.69, 9.17) is 4.42 Å². The van der Waals surface area contributed by atoms with Crippen LogP contribution in [0.15, 0.2) is 35.7 Å². The van der Waals surface area contributed by atoms with Crippen molar-refractivity contribution in [1.29, 1.82) is 0 Å². The lowest BCUT2D eigenvalue weighted by molar-refractivity contribution is 0.558. The first-order chi connectivity index (χ1) is 5.47. The Bertz CT molecular complexity index is 317. The van der Waals surface area contributed by atoms with Crippen molar-refractivity contribution in [1.82, 2.24) is 15.0 Å². The number of oxazole rings is 1. The van der Waals surface area contributed by atoms with E-state index in [1.165, 1.54) is 12.7 Å². The van der Waals surface area contributed by atoms with Gasteiger partial charge in [0.25, 0.3) is 0 Å². The van der Waals surface area contributed by atoms with Gasteiger partial charge in [-0.1, -0.05) is 0 Å². The fourth-order valence-electron chi connectivity index (χ4n) is 0.770. The first-order valence-corrected chi connectivity index (χ1v) is 3.11. The van der Waals surface area contributed by atoms with Crippen molar-refractivity contribution in [2.75, 3.05) is 0 Å². The normalized spacial score (nSPS) is 9.82. The topological polar surface area (TPSA) is 51.8 Å². The zero-order chi connectivity index (χ0) is 7.52. The number of aromatic nitrogens is 3. The second kappa shape index (κ2) is 2.49. The van der Waals surface area contributed by atoms with Gasteiger partial charge in [-0.25, -0.2) is 4.98 Å². The van der Waals surface area contributed by atoms with Crippen molar-refractivity contribution in [2.45, 2.75) is 0 Å². The summed E-state index contributed by atoms with van der Waals surface area (Å²) in [6.07, 6.45) is 7.76. The molecular weight excluding hydrogens is 142 g/mol. The summed E-state index contributed by atoms with van der Waals surface area (Å²) < 4.78 is 4.79. The lowest BCUT2D eigenvalue weighted by Crippen LogP contribution is -1.82. The molecule has 2 rings (SSSR count). The number of nitrogens with zero attached hydrogens (tertiary/aromatic N) is 3. The quantitative estimate of drug-likeness (QED) is 0.606. The molecule has 0 spiro atoms. The highest BCUT2D eigenvalue weighted by Crippen LogP contribution is 2.10. The van der Waals surface area contributed by atoms with E-state index in [1.54, 1.807) is 18.6 Å². The van der Waals surface area contributed by atoms with Crippen molar-refractivity contribution in [3.63, 3.8) is 0 Å². The van der Waals surface area contributed by atoms with E-state index in [-0.39, 0.29) is 0 Å². The molecule has 2 aromatic rings. The molecule has 54 valence electrons. The third-order valence-electron chi connectivity index (χ3n) is 1.26. The van der Waals surface area contributed by atoms with Crippen LogP contribution in [0.2, 0.25) is 0 Å². The van der Waals surface area contributed by atoms with Gasteiger partial charge in [0.2, 0.25) is 0 Å². The third kappa shape index (κ3) is 1.10. The van der Waals surface area contributed by atoms with Gasteiger partial charge < -0.3 is 4.42 Å². The first kappa shape index (κ1) is 6.03. The van der Waals surface area contributed by atoms with Crippen molar-refractivity contribution in [3.05, 3.63) is 31.2 Å². The maximum atomic E-state index is 4.79. The summed E-state index contributed by atoms with van der Waals surface area (Å²) in [4.78, 5) is 11.9. The van der Waals surface area contributed by atoms with Crippen molar-refractivity contribution < 1.29 is 4.42 Å². The molecule has 0 aromatic carbocycles. The minimum atomic E-state index is 0.707. The average Bonchev–Trinajstić information content (AvgIpc) is 2.58. The predicted octanol–water partition coefficient (Wildman–Crippen LogP) is 1.13. The Balaban J connectivity index is 2.46. The molecule has 4 nitrogen and oxygen atoms in total. The minimum absolute atomic E-state index is 0.707. The predicted molar refractivity (Wildman–Crippen MR) is 37.5 cm³/mol. The Morgan fingerprint density at radius 1 is 1.09 bits per heavy atom. The van der Waals surface area contributed by atoms with Gasteiger partial charge in [0.15, 0.2) is 6.39 Å². The van der Waals surface area contributed by atoms with E-state index in [9.17, 15) is 0 Å². The summed E-state index contributed by atoms with van der Waals surface area (Å²) in [6, 6.07) is 0. The second-order valence-electron chi connectivity index (χ2n) is 1.96. The summed E-state index contributed by atoms with van der Waals surface area (Å²) in [7, 11) is 0. The molecule has 0 N–H and O–H groups in total. The van der Waals surface area contributed by atoms with Crippen LogP contribution in [0, 0.1) is 0 Å². The Labute approximate surface area is 62.9 Å². The van der Waals surface area contributed by atoms with Gasteiger partial charge in [-0.3, -0.25) is 9.97 Å². The van der Waals surface area contributed by atoms with Crippen LogP contribution in [0.1, 0.15) is 0 Å². The fraction of sp³-hybridized carbons (Fsp3) is 0. The van der Waals surface area contributed by atoms with Gasteiger partial charge >= 0.3 is 0 Å². The van der Waals surface area contributed by atoms with Crippen LogP contribution >= 0.6 is 0 Å². The van der Waals surface area contributed by atoms with Crippen LogP contribution in [0.5, 0.6) is 0 Å². The Morgan fingerprint density at radius 2 is 2.09 bits per heavy atom. The molecule has 0 unspecified atom stereocenters. The van der Waals surface area contributed by atoms with E-state index in [0.29, 0.717) is 5.69 Å². The number of rotatable bonds is 1. The molecule has 0 radical (unpaired) electrons. The summed E-state index contributed by atoms with van der Waals surface area (Å²) in [6.45, 7) is 0. The van der Waals surface area contributed by atoms with Crippen LogP contribution in [-0.2, 0) is 0 Å². The van der Waals surface area contributed by atoms with Crippen molar-refractivity contribution in [3.8, 4) is 11.4 Å². The lowest BCUT2D eigenvalue weighted by Gasteiger charge is -1.89. The number of hydrogen-bond donors (Lipinski definition) is 0. The van der Waals surface area contributed by atoms with Crippen molar-refractivity contribution >= 4 is 0 Å². The van der Waals surface area contributed by atoms with E-state index in [2.05, 4.69) is 15.0 Å². The van der Waals surface area contributed by atoms with Crippen LogP contribution in [0.4, 0.5) is 0 Å². The molecule has 0 atom stereocenters. The van der Waals surface area contributed by atoms with E-state index in [1.807, 2.05) is 0 Å². The highest BCUT2D eigenvalue weighted by atomic mass is 16.3. The fourth-order valence-corrected chi connectivity index (χ4v) is 0.770. The average molecular weight is 147 g/mol. The molecule has 0 aliphatic carbocycles. The standard InChI is InChI=1S/C7H5N3O/c1-2-9-6(3-8-1)7-4-11-5-10-7/h1-5H. The molecule has 0 bridgehead atoms. The first-order valence-electron chi connectivity index (χ1n) is 3.11. The zero-order valence-corrected chi connectivity index (χ0v) is 5.64. The minimum Gasteiger partial charge on any atom is -0.451 e. The zero-order valence-electron chi connectivity index (χ0n) is 5.64. The van der Waals surface area contributed by atoms with E-state index < -0.39 is 0 Å². The van der Waals surface area contributed by atoms with Crippen LogP contribution in [0.3, 0.4) is 0 Å². The number of hydrogen-bond acceptors (Lipinski definition) is 4. The van der Waals surface area contributed by atoms with Gasteiger partial charge in [-0.2, -0.15) is 0 Å². The molecule has 2 heterocycles. The van der Waals surface area contributed by atoms with Gasteiger partial charge in [0, 0.05) is 12.4 Å². The Morgan fingerprint density at radius 3 is 2.73 bits per heavy atom. The molecule has 0 saturated heterocycles. The maximum absolute atomic E-state index is 4.79. The monoisotopic (exact) mass is 147 g/mol. The highest BCUT2D eigenvalue weighted by Gasteiger charge is 1.99. The Hall–Kier alpha value is -1.71. The Kier molecular flexibility index (Phi) is 1.37. The van der Waals surface area contributed by atoms with Gasteiger partial charge in [-0.15, -0.1) is 0 Å². The van der Waals surface area contributed by atoms with Crippen LogP contribution < -0.4 is 0 Å². The summed E-state index contributed by atoms with van der Waals surface area (Å²) in [5, 5.41) is 0. The molecule has 4 heteroatoms. The van der Waals surface area contributed by atoms with Gasteiger partial charge in [0.1, 0.15) is 17.7 Å². The maximum Gasteiger partial charge on any atom is 0.181 e.